The van der Waals surface area contributed by atoms with E-state index in [2.05, 4.69) is 10.3 Å². The van der Waals surface area contributed by atoms with Gasteiger partial charge in [-0.2, -0.15) is 0 Å². The van der Waals surface area contributed by atoms with E-state index in [0.717, 1.165) is 32.4 Å². The number of pyridine rings is 1. The fourth-order valence-electron chi connectivity index (χ4n) is 2.49. The molecule has 1 aliphatic heterocycles. The van der Waals surface area contributed by atoms with Crippen molar-refractivity contribution in [1.82, 2.24) is 9.88 Å². The zero-order valence-corrected chi connectivity index (χ0v) is 13.2. The minimum absolute atomic E-state index is 0.0878. The van der Waals surface area contributed by atoms with E-state index < -0.39 is 0 Å². The predicted molar refractivity (Wildman–Crippen MR) is 83.7 cm³/mol. The lowest BCUT2D eigenvalue weighted by molar-refractivity contribution is -0.133. The van der Waals surface area contributed by atoms with E-state index in [9.17, 15) is 9.59 Å². The maximum absolute atomic E-state index is 11.8. The summed E-state index contributed by atoms with van der Waals surface area (Å²) in [5.74, 6) is 0.658. The molecule has 0 aromatic carbocycles. The van der Waals surface area contributed by atoms with E-state index in [1.165, 1.54) is 6.92 Å². The van der Waals surface area contributed by atoms with Crippen molar-refractivity contribution in [3.05, 3.63) is 18.3 Å². The van der Waals surface area contributed by atoms with Gasteiger partial charge in [0.1, 0.15) is 6.10 Å². The maximum Gasteiger partial charge on any atom is 0.222 e. The molecule has 0 bridgehead atoms. The number of carbonyl (C=O) groups excluding carboxylic acids is 2. The molecular weight excluding hydrogens is 282 g/mol. The highest BCUT2D eigenvalue weighted by atomic mass is 16.5. The molecule has 1 aliphatic rings. The summed E-state index contributed by atoms with van der Waals surface area (Å²) in [4.78, 5) is 28.9. The molecule has 120 valence electrons. The Morgan fingerprint density at radius 2 is 2.09 bits per heavy atom. The van der Waals surface area contributed by atoms with Crippen molar-refractivity contribution < 1.29 is 14.3 Å². The Morgan fingerprint density at radius 3 is 2.64 bits per heavy atom. The van der Waals surface area contributed by atoms with Crippen LogP contribution in [0, 0.1) is 0 Å². The third-order valence-electron chi connectivity index (χ3n) is 3.60. The van der Waals surface area contributed by atoms with Crippen LogP contribution >= 0.6 is 0 Å². The Kier molecular flexibility index (Phi) is 5.75. The van der Waals surface area contributed by atoms with Crippen LogP contribution in [0.3, 0.4) is 0 Å². The minimum Gasteiger partial charge on any atom is -0.474 e. The summed E-state index contributed by atoms with van der Waals surface area (Å²) in [5, 5.41) is 2.66. The van der Waals surface area contributed by atoms with Gasteiger partial charge in [-0.15, -0.1) is 0 Å². The van der Waals surface area contributed by atoms with Gasteiger partial charge in [0, 0.05) is 45.3 Å². The van der Waals surface area contributed by atoms with Crippen molar-refractivity contribution >= 4 is 17.5 Å². The van der Waals surface area contributed by atoms with E-state index in [1.54, 1.807) is 18.3 Å². The first-order valence-electron chi connectivity index (χ1n) is 7.76. The second-order valence-electron chi connectivity index (χ2n) is 5.51. The van der Waals surface area contributed by atoms with Gasteiger partial charge in [-0.1, -0.05) is 6.92 Å². The number of hydrogen-bond donors (Lipinski definition) is 1. The highest BCUT2D eigenvalue weighted by molar-refractivity contribution is 5.88. The number of ether oxygens (including phenoxy) is 1. The first kappa shape index (κ1) is 16.3. The monoisotopic (exact) mass is 305 g/mol. The van der Waals surface area contributed by atoms with Crippen molar-refractivity contribution in [2.24, 2.45) is 0 Å². The topological polar surface area (TPSA) is 71.5 Å². The maximum atomic E-state index is 11.8. The van der Waals surface area contributed by atoms with Crippen LogP contribution < -0.4 is 10.1 Å². The molecule has 6 heteroatoms. The summed E-state index contributed by atoms with van der Waals surface area (Å²) in [7, 11) is 0. The largest absolute Gasteiger partial charge is 0.474 e. The third-order valence-corrected chi connectivity index (χ3v) is 3.60. The van der Waals surface area contributed by atoms with E-state index in [0.29, 0.717) is 18.0 Å². The molecule has 0 radical (unpaired) electrons. The van der Waals surface area contributed by atoms with Crippen molar-refractivity contribution in [3.8, 4) is 5.88 Å². The van der Waals surface area contributed by atoms with E-state index in [1.807, 2.05) is 11.8 Å². The van der Waals surface area contributed by atoms with Gasteiger partial charge in [-0.25, -0.2) is 4.98 Å². The Hall–Kier alpha value is -2.11. The fourth-order valence-corrected chi connectivity index (χ4v) is 2.49. The first-order chi connectivity index (χ1) is 10.6. The number of carbonyl (C=O) groups is 2. The second-order valence-corrected chi connectivity index (χ2v) is 5.51. The molecule has 2 rings (SSSR count). The molecule has 0 spiro atoms. The Balaban J connectivity index is 1.80. The third kappa shape index (κ3) is 4.72. The van der Waals surface area contributed by atoms with Gasteiger partial charge in [-0.05, 0) is 12.5 Å². The molecule has 1 saturated heterocycles. The number of nitrogens with zero attached hydrogens (tertiary/aromatic N) is 2. The fraction of sp³-hybridized carbons (Fsp3) is 0.562. The van der Waals surface area contributed by atoms with Crippen molar-refractivity contribution in [2.75, 3.05) is 18.4 Å². The number of nitrogens with one attached hydrogen (secondary N) is 1. The lowest BCUT2D eigenvalue weighted by Crippen LogP contribution is -2.41. The standard InChI is InChI=1S/C16H23N3O3/c1-3-4-16(21)19-9-7-14(8-10-19)22-15-6-5-13(11-17-15)18-12(2)20/h5-6,11,14H,3-4,7-10H2,1-2H3,(H,18,20). The van der Waals surface area contributed by atoms with Crippen LogP contribution in [-0.4, -0.2) is 40.9 Å². The van der Waals surface area contributed by atoms with Gasteiger partial charge >= 0.3 is 0 Å². The summed E-state index contributed by atoms with van der Waals surface area (Å²) in [6.45, 7) is 4.96. The van der Waals surface area contributed by atoms with E-state index >= 15 is 0 Å². The predicted octanol–water partition coefficient (Wildman–Crippen LogP) is 2.21. The Labute approximate surface area is 130 Å². The van der Waals surface area contributed by atoms with Crippen molar-refractivity contribution in [1.29, 1.82) is 0 Å². The molecule has 0 atom stereocenters. The number of amides is 2. The summed E-state index contributed by atoms with van der Waals surface area (Å²) >= 11 is 0. The lowest BCUT2D eigenvalue weighted by atomic mass is 10.1. The molecule has 2 amide bonds. The Morgan fingerprint density at radius 1 is 1.36 bits per heavy atom. The number of piperidine rings is 1. The molecule has 0 unspecified atom stereocenters. The molecule has 1 aromatic heterocycles. The molecule has 22 heavy (non-hydrogen) atoms. The summed E-state index contributed by atoms with van der Waals surface area (Å²) in [6.07, 6.45) is 4.83. The quantitative estimate of drug-likeness (QED) is 0.905. The molecule has 1 aromatic rings. The summed E-state index contributed by atoms with van der Waals surface area (Å²) in [6, 6.07) is 3.52. The van der Waals surface area contributed by atoms with Crippen molar-refractivity contribution in [2.45, 2.75) is 45.6 Å². The van der Waals surface area contributed by atoms with Crippen molar-refractivity contribution in [3.63, 3.8) is 0 Å². The average molecular weight is 305 g/mol. The first-order valence-corrected chi connectivity index (χ1v) is 7.76. The lowest BCUT2D eigenvalue weighted by Gasteiger charge is -2.32. The zero-order chi connectivity index (χ0) is 15.9. The van der Waals surface area contributed by atoms with E-state index in [4.69, 9.17) is 4.74 Å². The molecule has 0 saturated carbocycles. The van der Waals surface area contributed by atoms with Crippen LogP contribution in [0.5, 0.6) is 5.88 Å². The van der Waals surface area contributed by atoms with Gasteiger partial charge in [-0.3, -0.25) is 9.59 Å². The molecule has 6 nitrogen and oxygen atoms in total. The summed E-state index contributed by atoms with van der Waals surface area (Å²) < 4.78 is 5.84. The average Bonchev–Trinajstić information content (AvgIpc) is 2.50. The Bertz CT molecular complexity index is 508. The van der Waals surface area contributed by atoms with Crippen LogP contribution in [0.4, 0.5) is 5.69 Å². The van der Waals surface area contributed by atoms with Crippen LogP contribution in [0.25, 0.3) is 0 Å². The SMILES string of the molecule is CCCC(=O)N1CCC(Oc2ccc(NC(C)=O)cn2)CC1. The normalized spacial score (nSPS) is 15.5. The molecule has 1 N–H and O–H groups in total. The van der Waals surface area contributed by atoms with Crippen LogP contribution in [0.2, 0.25) is 0 Å². The van der Waals surface area contributed by atoms with Gasteiger partial charge in [0.2, 0.25) is 17.7 Å². The van der Waals surface area contributed by atoms with Gasteiger partial charge in [0.05, 0.1) is 11.9 Å². The molecule has 2 heterocycles. The highest BCUT2D eigenvalue weighted by Crippen LogP contribution is 2.19. The molecule has 1 fully saturated rings. The highest BCUT2D eigenvalue weighted by Gasteiger charge is 2.23. The number of hydrogen-bond acceptors (Lipinski definition) is 4. The summed E-state index contributed by atoms with van der Waals surface area (Å²) in [5.41, 5.74) is 0.653. The molecular formula is C16H23N3O3. The van der Waals surface area contributed by atoms with Gasteiger partial charge < -0.3 is 15.0 Å². The van der Waals surface area contributed by atoms with E-state index in [-0.39, 0.29) is 17.9 Å². The number of anilines is 1. The zero-order valence-electron chi connectivity index (χ0n) is 13.2. The number of likely N-dealkylation sites (tertiary alicyclic amines) is 1. The van der Waals surface area contributed by atoms with Gasteiger partial charge in [0.25, 0.3) is 0 Å². The number of aromatic nitrogens is 1. The van der Waals surface area contributed by atoms with Crippen LogP contribution in [-0.2, 0) is 9.59 Å². The van der Waals surface area contributed by atoms with Crippen LogP contribution in [0.1, 0.15) is 39.5 Å². The van der Waals surface area contributed by atoms with Gasteiger partial charge in [0.15, 0.2) is 0 Å². The minimum atomic E-state index is -0.125. The van der Waals surface area contributed by atoms with Crippen LogP contribution in [0.15, 0.2) is 18.3 Å². The smallest absolute Gasteiger partial charge is 0.222 e. The molecule has 0 aliphatic carbocycles. The number of rotatable bonds is 5. The second kappa shape index (κ2) is 7.77.